The largest absolute Gasteiger partial charge is 0.493 e. The molecule has 2 aromatic rings. The Morgan fingerprint density at radius 3 is 2.56 bits per heavy atom. The Bertz CT molecular complexity index is 741. The summed E-state index contributed by atoms with van der Waals surface area (Å²) in [6.45, 7) is 2.33. The van der Waals surface area contributed by atoms with Crippen LogP contribution in [0.1, 0.15) is 18.4 Å². The van der Waals surface area contributed by atoms with E-state index >= 15 is 0 Å². The van der Waals surface area contributed by atoms with Crippen molar-refractivity contribution < 1.29 is 14.2 Å². The van der Waals surface area contributed by atoms with Crippen LogP contribution in [0, 0.1) is 0 Å². The molecule has 144 valence electrons. The summed E-state index contributed by atoms with van der Waals surface area (Å²) >= 11 is 0. The van der Waals surface area contributed by atoms with Crippen molar-refractivity contribution in [3.8, 4) is 17.2 Å². The van der Waals surface area contributed by atoms with Crippen LogP contribution in [-0.4, -0.2) is 39.4 Å². The van der Waals surface area contributed by atoms with Gasteiger partial charge in [0.2, 0.25) is 0 Å². The molecule has 6 nitrogen and oxygen atoms in total. The third-order valence-electron chi connectivity index (χ3n) is 4.42. The number of methoxy groups -OCH3 is 1. The molecule has 0 spiro atoms. The van der Waals surface area contributed by atoms with Gasteiger partial charge in [-0.1, -0.05) is 24.3 Å². The normalized spacial score (nSPS) is 16.8. The SMILES string of the molecule is CN=C(NCc1ccc(Oc2ccccc2OC)cc1)NCC1CCCO1. The molecule has 0 aliphatic carbocycles. The molecular formula is C21H27N3O3. The highest BCUT2D eigenvalue weighted by molar-refractivity contribution is 5.79. The zero-order chi connectivity index (χ0) is 18.9. The molecule has 0 radical (unpaired) electrons. The summed E-state index contributed by atoms with van der Waals surface area (Å²) in [4.78, 5) is 4.26. The number of para-hydroxylation sites is 2. The van der Waals surface area contributed by atoms with Crippen LogP contribution in [0.15, 0.2) is 53.5 Å². The topological polar surface area (TPSA) is 64.1 Å². The molecule has 0 bridgehead atoms. The Morgan fingerprint density at radius 1 is 1.11 bits per heavy atom. The average Bonchev–Trinajstić information content (AvgIpc) is 3.23. The standard InChI is InChI=1S/C21H27N3O3/c1-22-21(24-15-18-6-5-13-26-18)23-14-16-9-11-17(12-10-16)27-20-8-4-3-7-19(20)25-2/h3-4,7-12,18H,5-6,13-15H2,1-2H3,(H2,22,23,24). The van der Waals surface area contributed by atoms with Crippen molar-refractivity contribution in [2.45, 2.75) is 25.5 Å². The number of benzene rings is 2. The monoisotopic (exact) mass is 369 g/mol. The van der Waals surface area contributed by atoms with Gasteiger partial charge in [-0.25, -0.2) is 0 Å². The first-order valence-electron chi connectivity index (χ1n) is 9.24. The Kier molecular flexibility index (Phi) is 6.93. The van der Waals surface area contributed by atoms with E-state index in [-0.39, 0.29) is 6.10 Å². The van der Waals surface area contributed by atoms with Crippen molar-refractivity contribution in [2.75, 3.05) is 27.3 Å². The molecule has 1 aliphatic rings. The summed E-state index contributed by atoms with van der Waals surface area (Å²) in [6.07, 6.45) is 2.54. The van der Waals surface area contributed by atoms with Gasteiger partial charge in [-0.05, 0) is 42.7 Å². The minimum atomic E-state index is 0.287. The fourth-order valence-corrected chi connectivity index (χ4v) is 2.93. The van der Waals surface area contributed by atoms with Crippen LogP contribution < -0.4 is 20.1 Å². The Morgan fingerprint density at radius 2 is 1.89 bits per heavy atom. The molecule has 3 rings (SSSR count). The Balaban J connectivity index is 1.49. The highest BCUT2D eigenvalue weighted by Crippen LogP contribution is 2.30. The quantitative estimate of drug-likeness (QED) is 0.579. The van der Waals surface area contributed by atoms with Gasteiger partial charge >= 0.3 is 0 Å². The van der Waals surface area contributed by atoms with Gasteiger partial charge in [0.15, 0.2) is 17.5 Å². The van der Waals surface area contributed by atoms with E-state index in [1.54, 1.807) is 14.2 Å². The summed E-state index contributed by atoms with van der Waals surface area (Å²) in [5, 5.41) is 6.63. The number of ether oxygens (including phenoxy) is 3. The molecule has 1 fully saturated rings. The predicted molar refractivity (Wildman–Crippen MR) is 107 cm³/mol. The minimum absolute atomic E-state index is 0.287. The first kappa shape index (κ1) is 19.0. The van der Waals surface area contributed by atoms with Crippen molar-refractivity contribution in [1.29, 1.82) is 0 Å². The molecule has 6 heteroatoms. The van der Waals surface area contributed by atoms with Crippen LogP contribution in [0.4, 0.5) is 0 Å². The van der Waals surface area contributed by atoms with Crippen LogP contribution in [0.3, 0.4) is 0 Å². The van der Waals surface area contributed by atoms with Crippen LogP contribution >= 0.6 is 0 Å². The Labute approximate surface area is 160 Å². The van der Waals surface area contributed by atoms with Crippen molar-refractivity contribution in [3.05, 3.63) is 54.1 Å². The Hall–Kier alpha value is -2.73. The van der Waals surface area contributed by atoms with Gasteiger partial charge in [0, 0.05) is 26.7 Å². The van der Waals surface area contributed by atoms with Gasteiger partial charge in [-0.3, -0.25) is 4.99 Å². The minimum Gasteiger partial charge on any atom is -0.493 e. The van der Waals surface area contributed by atoms with Crippen LogP contribution in [0.25, 0.3) is 0 Å². The van der Waals surface area contributed by atoms with Crippen molar-refractivity contribution in [3.63, 3.8) is 0 Å². The first-order valence-corrected chi connectivity index (χ1v) is 9.24. The second kappa shape index (κ2) is 9.83. The molecule has 0 saturated carbocycles. The highest BCUT2D eigenvalue weighted by atomic mass is 16.5. The molecule has 0 amide bonds. The number of rotatable bonds is 7. The predicted octanol–water partition coefficient (Wildman–Crippen LogP) is 3.33. The lowest BCUT2D eigenvalue weighted by Crippen LogP contribution is -2.40. The summed E-state index contributed by atoms with van der Waals surface area (Å²) in [7, 11) is 3.41. The molecule has 2 N–H and O–H groups in total. The van der Waals surface area contributed by atoms with E-state index in [0.29, 0.717) is 18.0 Å². The molecule has 2 aromatic carbocycles. The summed E-state index contributed by atoms with van der Waals surface area (Å²) in [6, 6.07) is 15.6. The van der Waals surface area contributed by atoms with E-state index in [1.165, 1.54) is 0 Å². The lowest BCUT2D eigenvalue weighted by molar-refractivity contribution is 0.114. The third kappa shape index (κ3) is 5.62. The van der Waals surface area contributed by atoms with Crippen molar-refractivity contribution in [1.82, 2.24) is 10.6 Å². The van der Waals surface area contributed by atoms with Crippen LogP contribution in [0.2, 0.25) is 0 Å². The van der Waals surface area contributed by atoms with Gasteiger partial charge in [-0.15, -0.1) is 0 Å². The number of guanidine groups is 1. The number of hydrogen-bond acceptors (Lipinski definition) is 4. The lowest BCUT2D eigenvalue weighted by Gasteiger charge is -2.15. The van der Waals surface area contributed by atoms with Gasteiger partial charge in [0.1, 0.15) is 5.75 Å². The first-order chi connectivity index (χ1) is 13.3. The van der Waals surface area contributed by atoms with E-state index in [9.17, 15) is 0 Å². The molecule has 1 saturated heterocycles. The molecule has 27 heavy (non-hydrogen) atoms. The van der Waals surface area contributed by atoms with E-state index in [1.807, 2.05) is 48.5 Å². The summed E-state index contributed by atoms with van der Waals surface area (Å²) in [5.74, 6) is 2.96. The van der Waals surface area contributed by atoms with Gasteiger partial charge in [0.05, 0.1) is 13.2 Å². The maximum absolute atomic E-state index is 5.90. The van der Waals surface area contributed by atoms with Crippen molar-refractivity contribution in [2.24, 2.45) is 4.99 Å². The summed E-state index contributed by atoms with van der Waals surface area (Å²) in [5.41, 5.74) is 1.14. The van der Waals surface area contributed by atoms with Crippen molar-refractivity contribution >= 4 is 5.96 Å². The molecule has 1 aliphatic heterocycles. The van der Waals surface area contributed by atoms with E-state index < -0.39 is 0 Å². The maximum atomic E-state index is 5.90. The lowest BCUT2D eigenvalue weighted by atomic mass is 10.2. The average molecular weight is 369 g/mol. The number of aliphatic imine (C=N–C) groups is 1. The zero-order valence-electron chi connectivity index (χ0n) is 15.9. The smallest absolute Gasteiger partial charge is 0.191 e. The maximum Gasteiger partial charge on any atom is 0.191 e. The number of nitrogens with one attached hydrogen (secondary N) is 2. The zero-order valence-corrected chi connectivity index (χ0v) is 15.9. The van der Waals surface area contributed by atoms with Crippen LogP contribution in [0.5, 0.6) is 17.2 Å². The molecule has 1 unspecified atom stereocenters. The van der Waals surface area contributed by atoms with Crippen LogP contribution in [-0.2, 0) is 11.3 Å². The van der Waals surface area contributed by atoms with Gasteiger partial charge in [-0.2, -0.15) is 0 Å². The van der Waals surface area contributed by atoms with E-state index in [2.05, 4.69) is 15.6 Å². The van der Waals surface area contributed by atoms with Gasteiger partial charge < -0.3 is 24.8 Å². The molecule has 1 atom stereocenters. The highest BCUT2D eigenvalue weighted by Gasteiger charge is 2.15. The number of nitrogens with zero attached hydrogens (tertiary/aromatic N) is 1. The van der Waals surface area contributed by atoms with Gasteiger partial charge in [0.25, 0.3) is 0 Å². The summed E-state index contributed by atoms with van der Waals surface area (Å²) < 4.78 is 16.8. The molecule has 1 heterocycles. The molecule has 0 aromatic heterocycles. The second-order valence-electron chi connectivity index (χ2n) is 6.34. The number of hydrogen-bond donors (Lipinski definition) is 2. The molecular weight excluding hydrogens is 342 g/mol. The second-order valence-corrected chi connectivity index (χ2v) is 6.34. The fourth-order valence-electron chi connectivity index (χ4n) is 2.93. The van der Waals surface area contributed by atoms with E-state index in [4.69, 9.17) is 14.2 Å². The fraction of sp³-hybridized carbons (Fsp3) is 0.381. The third-order valence-corrected chi connectivity index (χ3v) is 4.42. The van der Waals surface area contributed by atoms with E-state index in [0.717, 1.165) is 43.3 Å².